The Labute approximate surface area is 108 Å². The molecule has 0 unspecified atom stereocenters. The largest absolute Gasteiger partial charge is 0.460 e. The fraction of sp³-hybridized carbons (Fsp3) is 0.364. The fourth-order valence-corrected chi connectivity index (χ4v) is 1.47. The molecule has 1 aromatic heterocycles. The van der Waals surface area contributed by atoms with E-state index in [0.717, 1.165) is 0 Å². The number of rotatable bonds is 6. The first-order valence-electron chi connectivity index (χ1n) is 5.18. The second kappa shape index (κ2) is 6.85. The van der Waals surface area contributed by atoms with E-state index in [1.807, 2.05) is 0 Å². The standard InChI is InChI=1S/C11H12N2O4S/c1-3-17-10(16)9(15)6-8(14)7-4-5-12-11(13-7)18-2/h4-5H,3,6H2,1-2H3. The van der Waals surface area contributed by atoms with Crippen LogP contribution in [0.3, 0.4) is 0 Å². The van der Waals surface area contributed by atoms with Crippen molar-refractivity contribution in [2.45, 2.75) is 18.5 Å². The first-order valence-corrected chi connectivity index (χ1v) is 6.41. The van der Waals surface area contributed by atoms with Gasteiger partial charge in [-0.1, -0.05) is 11.8 Å². The summed E-state index contributed by atoms with van der Waals surface area (Å²) in [6.45, 7) is 1.69. The lowest BCUT2D eigenvalue weighted by Gasteiger charge is -2.01. The van der Waals surface area contributed by atoms with Crippen LogP contribution in [0.25, 0.3) is 0 Å². The van der Waals surface area contributed by atoms with E-state index in [1.54, 1.807) is 13.2 Å². The first kappa shape index (κ1) is 14.3. The van der Waals surface area contributed by atoms with Gasteiger partial charge < -0.3 is 4.74 Å². The van der Waals surface area contributed by atoms with Crippen molar-refractivity contribution in [3.05, 3.63) is 18.0 Å². The molecular weight excluding hydrogens is 256 g/mol. The zero-order chi connectivity index (χ0) is 13.5. The second-order valence-corrected chi connectivity index (χ2v) is 3.95. The Morgan fingerprint density at radius 2 is 2.11 bits per heavy atom. The summed E-state index contributed by atoms with van der Waals surface area (Å²) >= 11 is 1.28. The van der Waals surface area contributed by atoms with Gasteiger partial charge in [-0.15, -0.1) is 0 Å². The summed E-state index contributed by atoms with van der Waals surface area (Å²) in [5, 5.41) is 0.435. The summed E-state index contributed by atoms with van der Waals surface area (Å²) in [6.07, 6.45) is 2.66. The number of ether oxygens (including phenoxy) is 1. The molecule has 0 aromatic carbocycles. The van der Waals surface area contributed by atoms with Gasteiger partial charge in [-0.05, 0) is 19.2 Å². The first-order chi connectivity index (χ1) is 8.58. The summed E-state index contributed by atoms with van der Waals surface area (Å²) < 4.78 is 4.51. The SMILES string of the molecule is CCOC(=O)C(=O)CC(=O)c1ccnc(SC)n1. The normalized spacial score (nSPS) is 9.89. The lowest BCUT2D eigenvalue weighted by molar-refractivity contribution is -0.153. The average molecular weight is 268 g/mol. The molecular formula is C11H12N2O4S. The van der Waals surface area contributed by atoms with Crippen molar-refractivity contribution in [3.63, 3.8) is 0 Å². The predicted octanol–water partition coefficient (Wildman–Crippen LogP) is 0.903. The van der Waals surface area contributed by atoms with Crippen LogP contribution in [0.2, 0.25) is 0 Å². The van der Waals surface area contributed by atoms with E-state index >= 15 is 0 Å². The van der Waals surface area contributed by atoms with E-state index in [2.05, 4.69) is 14.7 Å². The summed E-state index contributed by atoms with van der Waals surface area (Å²) in [5.41, 5.74) is 0.118. The van der Waals surface area contributed by atoms with Crippen molar-refractivity contribution in [1.82, 2.24) is 9.97 Å². The Morgan fingerprint density at radius 3 is 2.72 bits per heavy atom. The Hall–Kier alpha value is -1.76. The van der Waals surface area contributed by atoms with Crippen LogP contribution in [-0.2, 0) is 14.3 Å². The molecule has 1 aromatic rings. The quantitative estimate of drug-likeness (QED) is 0.189. The van der Waals surface area contributed by atoms with Crippen LogP contribution in [0.15, 0.2) is 17.4 Å². The number of esters is 1. The topological polar surface area (TPSA) is 86.2 Å². The molecule has 0 bridgehead atoms. The predicted molar refractivity (Wildman–Crippen MR) is 64.4 cm³/mol. The minimum Gasteiger partial charge on any atom is -0.460 e. The summed E-state index contributed by atoms with van der Waals surface area (Å²) in [7, 11) is 0. The van der Waals surface area contributed by atoms with Gasteiger partial charge in [-0.2, -0.15) is 0 Å². The molecule has 0 saturated carbocycles. The molecule has 0 saturated heterocycles. The maximum atomic E-state index is 11.7. The lowest BCUT2D eigenvalue weighted by Crippen LogP contribution is -2.21. The van der Waals surface area contributed by atoms with Gasteiger partial charge in [0.25, 0.3) is 0 Å². The molecule has 0 radical (unpaired) electrons. The number of hydrogen-bond donors (Lipinski definition) is 0. The summed E-state index contributed by atoms with van der Waals surface area (Å²) in [5.74, 6) is -2.39. The van der Waals surface area contributed by atoms with Gasteiger partial charge >= 0.3 is 5.97 Å². The van der Waals surface area contributed by atoms with Gasteiger partial charge in [0.2, 0.25) is 5.78 Å². The van der Waals surface area contributed by atoms with Gasteiger partial charge in [0, 0.05) is 6.20 Å². The molecule has 18 heavy (non-hydrogen) atoms. The van der Waals surface area contributed by atoms with E-state index < -0.39 is 24.0 Å². The molecule has 0 aliphatic carbocycles. The number of hydrogen-bond acceptors (Lipinski definition) is 7. The highest BCUT2D eigenvalue weighted by atomic mass is 32.2. The zero-order valence-electron chi connectivity index (χ0n) is 10.0. The number of nitrogens with zero attached hydrogens (tertiary/aromatic N) is 2. The van der Waals surface area contributed by atoms with Crippen LogP contribution < -0.4 is 0 Å². The third-order valence-corrected chi connectivity index (χ3v) is 2.49. The number of carbonyl (C=O) groups excluding carboxylic acids is 3. The third kappa shape index (κ3) is 3.92. The molecule has 96 valence electrons. The average Bonchev–Trinajstić information content (AvgIpc) is 2.39. The molecule has 1 heterocycles. The van der Waals surface area contributed by atoms with E-state index in [4.69, 9.17) is 0 Å². The van der Waals surface area contributed by atoms with Crippen LogP contribution in [-0.4, -0.2) is 40.4 Å². The molecule has 1 rings (SSSR count). The highest BCUT2D eigenvalue weighted by Crippen LogP contribution is 2.09. The molecule has 0 atom stereocenters. The van der Waals surface area contributed by atoms with Crippen LogP contribution in [0.5, 0.6) is 0 Å². The van der Waals surface area contributed by atoms with Crippen LogP contribution in [0.1, 0.15) is 23.8 Å². The third-order valence-electron chi connectivity index (χ3n) is 1.93. The van der Waals surface area contributed by atoms with E-state index in [9.17, 15) is 14.4 Å². The minimum absolute atomic E-state index is 0.100. The van der Waals surface area contributed by atoms with Gasteiger partial charge in [0.1, 0.15) is 5.69 Å². The monoisotopic (exact) mass is 268 g/mol. The van der Waals surface area contributed by atoms with Crippen molar-refractivity contribution >= 4 is 29.3 Å². The molecule has 0 amide bonds. The highest BCUT2D eigenvalue weighted by Gasteiger charge is 2.20. The van der Waals surface area contributed by atoms with Crippen LogP contribution in [0, 0.1) is 0 Å². The molecule has 0 aliphatic heterocycles. The number of aromatic nitrogens is 2. The lowest BCUT2D eigenvalue weighted by atomic mass is 10.1. The number of carbonyl (C=O) groups is 3. The van der Waals surface area contributed by atoms with Crippen LogP contribution in [0.4, 0.5) is 0 Å². The number of ketones is 2. The molecule has 0 fully saturated rings. The van der Waals surface area contributed by atoms with E-state index in [1.165, 1.54) is 24.0 Å². The maximum absolute atomic E-state index is 11.7. The smallest absolute Gasteiger partial charge is 0.375 e. The summed E-state index contributed by atoms with van der Waals surface area (Å²) in [6, 6.07) is 1.40. The van der Waals surface area contributed by atoms with Gasteiger partial charge in [0.05, 0.1) is 13.0 Å². The number of thioether (sulfide) groups is 1. The second-order valence-electron chi connectivity index (χ2n) is 3.17. The van der Waals surface area contributed by atoms with E-state index in [-0.39, 0.29) is 12.3 Å². The maximum Gasteiger partial charge on any atom is 0.375 e. The Bertz CT molecular complexity index is 476. The molecule has 0 spiro atoms. The zero-order valence-corrected chi connectivity index (χ0v) is 10.8. The van der Waals surface area contributed by atoms with Gasteiger partial charge in [-0.3, -0.25) is 9.59 Å². The van der Waals surface area contributed by atoms with Gasteiger partial charge in [0.15, 0.2) is 10.9 Å². The van der Waals surface area contributed by atoms with Gasteiger partial charge in [-0.25, -0.2) is 14.8 Å². The minimum atomic E-state index is -0.995. The van der Waals surface area contributed by atoms with Crippen molar-refractivity contribution in [2.24, 2.45) is 0 Å². The number of Topliss-reactive ketones (excluding diaryl/α,β-unsaturated/α-hetero) is 2. The summed E-state index contributed by atoms with van der Waals surface area (Å²) in [4.78, 5) is 42.0. The highest BCUT2D eigenvalue weighted by molar-refractivity contribution is 7.98. The molecule has 0 aliphatic rings. The van der Waals surface area contributed by atoms with Crippen molar-refractivity contribution in [3.8, 4) is 0 Å². The van der Waals surface area contributed by atoms with Crippen molar-refractivity contribution in [1.29, 1.82) is 0 Å². The Balaban J connectivity index is 2.70. The van der Waals surface area contributed by atoms with Crippen molar-refractivity contribution in [2.75, 3.05) is 12.9 Å². The molecule has 6 nitrogen and oxygen atoms in total. The molecule has 0 N–H and O–H groups in total. The van der Waals surface area contributed by atoms with Crippen molar-refractivity contribution < 1.29 is 19.1 Å². The van der Waals surface area contributed by atoms with E-state index in [0.29, 0.717) is 5.16 Å². The van der Waals surface area contributed by atoms with Crippen LogP contribution >= 0.6 is 11.8 Å². The Morgan fingerprint density at radius 1 is 1.39 bits per heavy atom. The Kier molecular flexibility index (Phi) is 5.44. The molecule has 7 heteroatoms. The fourth-order valence-electron chi connectivity index (χ4n) is 1.11.